The number of aromatic nitrogens is 2. The lowest BCUT2D eigenvalue weighted by Gasteiger charge is -2.21. The molecule has 1 saturated heterocycles. The van der Waals surface area contributed by atoms with Gasteiger partial charge in [-0.2, -0.15) is 0 Å². The second-order valence-electron chi connectivity index (χ2n) is 5.52. The number of nitrogens with zero attached hydrogens (tertiary/aromatic N) is 3. The van der Waals surface area contributed by atoms with Gasteiger partial charge in [0, 0.05) is 38.1 Å². The van der Waals surface area contributed by atoms with Crippen LogP contribution in [0.4, 0.5) is 5.69 Å². The Kier molecular flexibility index (Phi) is 4.46. The van der Waals surface area contributed by atoms with Crippen molar-refractivity contribution in [3.8, 4) is 0 Å². The maximum Gasteiger partial charge on any atom is 0.125 e. The topological polar surface area (TPSA) is 41.1 Å². The van der Waals surface area contributed by atoms with E-state index in [-0.39, 0.29) is 0 Å². The number of anilines is 1. The second kappa shape index (κ2) is 6.68. The standard InChI is InChI=1S/C17H22N4/c1-14-19-9-8-16(20-14)13-18-12-15-6-2-3-7-17(15)21-10-4-5-11-21/h2-3,6-9,18H,4-5,10-13H2,1H3. The van der Waals surface area contributed by atoms with Crippen molar-refractivity contribution < 1.29 is 0 Å². The molecule has 0 atom stereocenters. The molecule has 21 heavy (non-hydrogen) atoms. The normalized spacial score (nSPS) is 14.6. The Balaban J connectivity index is 1.62. The van der Waals surface area contributed by atoms with Crippen LogP contribution < -0.4 is 10.2 Å². The van der Waals surface area contributed by atoms with Crippen molar-refractivity contribution in [2.75, 3.05) is 18.0 Å². The van der Waals surface area contributed by atoms with Gasteiger partial charge in [-0.25, -0.2) is 9.97 Å². The highest BCUT2D eigenvalue weighted by Crippen LogP contribution is 2.24. The third-order valence-corrected chi connectivity index (χ3v) is 3.89. The van der Waals surface area contributed by atoms with Gasteiger partial charge in [-0.05, 0) is 37.5 Å². The zero-order chi connectivity index (χ0) is 14.5. The molecule has 1 fully saturated rings. The molecule has 1 N–H and O–H groups in total. The van der Waals surface area contributed by atoms with E-state index in [0.29, 0.717) is 0 Å². The van der Waals surface area contributed by atoms with Crippen molar-refractivity contribution in [2.45, 2.75) is 32.9 Å². The molecule has 2 aromatic rings. The predicted molar refractivity (Wildman–Crippen MR) is 85.2 cm³/mol. The molecule has 0 unspecified atom stereocenters. The Bertz CT molecular complexity index is 591. The molecule has 1 aliphatic heterocycles. The Morgan fingerprint density at radius 1 is 1.10 bits per heavy atom. The van der Waals surface area contributed by atoms with Gasteiger partial charge in [0.25, 0.3) is 0 Å². The predicted octanol–water partition coefficient (Wildman–Crippen LogP) is 2.68. The molecule has 1 aliphatic rings. The van der Waals surface area contributed by atoms with Crippen LogP contribution in [-0.4, -0.2) is 23.1 Å². The monoisotopic (exact) mass is 282 g/mol. The van der Waals surface area contributed by atoms with Crippen LogP contribution in [0, 0.1) is 6.92 Å². The lowest BCUT2D eigenvalue weighted by molar-refractivity contribution is 0.673. The summed E-state index contributed by atoms with van der Waals surface area (Å²) in [5.41, 5.74) is 3.78. The number of aryl methyl sites for hydroxylation is 1. The average molecular weight is 282 g/mol. The third-order valence-electron chi connectivity index (χ3n) is 3.89. The number of benzene rings is 1. The summed E-state index contributed by atoms with van der Waals surface area (Å²) in [6.07, 6.45) is 4.43. The van der Waals surface area contributed by atoms with Gasteiger partial charge in [0.2, 0.25) is 0 Å². The molecule has 0 bridgehead atoms. The van der Waals surface area contributed by atoms with Gasteiger partial charge >= 0.3 is 0 Å². The lowest BCUT2D eigenvalue weighted by atomic mass is 10.1. The molecule has 3 rings (SSSR count). The van der Waals surface area contributed by atoms with Gasteiger partial charge in [0.1, 0.15) is 5.82 Å². The number of rotatable bonds is 5. The summed E-state index contributed by atoms with van der Waals surface area (Å²) >= 11 is 0. The van der Waals surface area contributed by atoms with Crippen LogP contribution in [0.5, 0.6) is 0 Å². The number of hydrogen-bond acceptors (Lipinski definition) is 4. The summed E-state index contributed by atoms with van der Waals surface area (Å²) in [7, 11) is 0. The molecule has 0 aliphatic carbocycles. The molecule has 0 saturated carbocycles. The van der Waals surface area contributed by atoms with E-state index in [0.717, 1.165) is 24.6 Å². The number of para-hydroxylation sites is 1. The third kappa shape index (κ3) is 3.58. The average Bonchev–Trinajstić information content (AvgIpc) is 3.02. The fourth-order valence-electron chi connectivity index (χ4n) is 2.86. The molecule has 2 heterocycles. The van der Waals surface area contributed by atoms with E-state index in [1.54, 1.807) is 0 Å². The highest BCUT2D eigenvalue weighted by atomic mass is 15.1. The quantitative estimate of drug-likeness (QED) is 0.915. The molecule has 0 spiro atoms. The van der Waals surface area contributed by atoms with Crippen LogP contribution in [0.15, 0.2) is 36.5 Å². The minimum atomic E-state index is 0.775. The van der Waals surface area contributed by atoms with Crippen molar-refractivity contribution in [3.63, 3.8) is 0 Å². The molecule has 1 aromatic carbocycles. The Hall–Kier alpha value is -1.94. The van der Waals surface area contributed by atoms with Crippen LogP contribution in [0.1, 0.15) is 29.9 Å². The van der Waals surface area contributed by atoms with Crippen LogP contribution in [0.2, 0.25) is 0 Å². The molecular formula is C17H22N4. The fourth-order valence-corrected chi connectivity index (χ4v) is 2.86. The number of hydrogen-bond donors (Lipinski definition) is 1. The van der Waals surface area contributed by atoms with E-state index in [2.05, 4.69) is 44.5 Å². The number of nitrogens with one attached hydrogen (secondary N) is 1. The van der Waals surface area contributed by atoms with Gasteiger partial charge in [-0.1, -0.05) is 18.2 Å². The molecule has 4 nitrogen and oxygen atoms in total. The first-order valence-electron chi connectivity index (χ1n) is 7.65. The van der Waals surface area contributed by atoms with Crippen molar-refractivity contribution in [1.29, 1.82) is 0 Å². The van der Waals surface area contributed by atoms with Crippen LogP contribution in [-0.2, 0) is 13.1 Å². The van der Waals surface area contributed by atoms with Gasteiger partial charge < -0.3 is 10.2 Å². The summed E-state index contributed by atoms with van der Waals surface area (Å²) in [4.78, 5) is 11.0. The van der Waals surface area contributed by atoms with E-state index >= 15 is 0 Å². The lowest BCUT2D eigenvalue weighted by Crippen LogP contribution is -2.21. The SMILES string of the molecule is Cc1nccc(CNCc2ccccc2N2CCCC2)n1. The van der Waals surface area contributed by atoms with E-state index in [4.69, 9.17) is 0 Å². The summed E-state index contributed by atoms with van der Waals surface area (Å²) < 4.78 is 0. The molecule has 0 radical (unpaired) electrons. The van der Waals surface area contributed by atoms with Gasteiger partial charge in [0.15, 0.2) is 0 Å². The van der Waals surface area contributed by atoms with Crippen LogP contribution in [0.25, 0.3) is 0 Å². The van der Waals surface area contributed by atoms with Crippen molar-refractivity contribution in [2.24, 2.45) is 0 Å². The van der Waals surface area contributed by atoms with Gasteiger partial charge in [-0.15, -0.1) is 0 Å². The maximum atomic E-state index is 4.42. The Morgan fingerprint density at radius 2 is 1.90 bits per heavy atom. The second-order valence-corrected chi connectivity index (χ2v) is 5.52. The fraction of sp³-hybridized carbons (Fsp3) is 0.412. The maximum absolute atomic E-state index is 4.42. The summed E-state index contributed by atoms with van der Waals surface area (Å²) in [6.45, 7) is 5.93. The highest BCUT2D eigenvalue weighted by Gasteiger charge is 2.14. The largest absolute Gasteiger partial charge is 0.371 e. The molecule has 4 heteroatoms. The van der Waals surface area contributed by atoms with Gasteiger partial charge in [0.05, 0.1) is 5.69 Å². The summed E-state index contributed by atoms with van der Waals surface area (Å²) in [6, 6.07) is 10.7. The zero-order valence-corrected chi connectivity index (χ0v) is 12.5. The Labute approximate surface area is 126 Å². The first-order valence-corrected chi connectivity index (χ1v) is 7.65. The van der Waals surface area contributed by atoms with Crippen LogP contribution >= 0.6 is 0 Å². The first kappa shape index (κ1) is 14.0. The van der Waals surface area contributed by atoms with E-state index in [9.17, 15) is 0 Å². The van der Waals surface area contributed by atoms with E-state index < -0.39 is 0 Å². The van der Waals surface area contributed by atoms with Crippen molar-refractivity contribution in [1.82, 2.24) is 15.3 Å². The van der Waals surface area contributed by atoms with E-state index in [1.165, 1.54) is 37.2 Å². The summed E-state index contributed by atoms with van der Waals surface area (Å²) in [5.74, 6) is 0.826. The molecule has 0 amide bonds. The zero-order valence-electron chi connectivity index (χ0n) is 12.5. The Morgan fingerprint density at radius 3 is 2.71 bits per heavy atom. The highest BCUT2D eigenvalue weighted by molar-refractivity contribution is 5.54. The minimum Gasteiger partial charge on any atom is -0.371 e. The van der Waals surface area contributed by atoms with Gasteiger partial charge in [-0.3, -0.25) is 0 Å². The van der Waals surface area contributed by atoms with Crippen molar-refractivity contribution >= 4 is 5.69 Å². The molecule has 1 aromatic heterocycles. The first-order chi connectivity index (χ1) is 10.3. The summed E-state index contributed by atoms with van der Waals surface area (Å²) in [5, 5.41) is 3.49. The van der Waals surface area contributed by atoms with Crippen LogP contribution in [0.3, 0.4) is 0 Å². The van der Waals surface area contributed by atoms with Crippen molar-refractivity contribution in [3.05, 3.63) is 53.6 Å². The smallest absolute Gasteiger partial charge is 0.125 e. The van der Waals surface area contributed by atoms with E-state index in [1.807, 2.05) is 19.2 Å². The molecule has 110 valence electrons. The minimum absolute atomic E-state index is 0.775. The molecular weight excluding hydrogens is 260 g/mol.